The number of aromatic amines is 1. The van der Waals surface area contributed by atoms with Gasteiger partial charge in [0.15, 0.2) is 0 Å². The van der Waals surface area contributed by atoms with Crippen LogP contribution in [0.1, 0.15) is 27.0 Å². The molecule has 0 radical (unpaired) electrons. The van der Waals surface area contributed by atoms with E-state index in [1.807, 2.05) is 0 Å². The largest absolute Gasteiger partial charge is 0.468 e. The summed E-state index contributed by atoms with van der Waals surface area (Å²) in [5.74, 6) is -1.03. The van der Waals surface area contributed by atoms with E-state index < -0.39 is 61.5 Å². The van der Waals surface area contributed by atoms with E-state index in [4.69, 9.17) is 13.8 Å². The van der Waals surface area contributed by atoms with E-state index in [1.54, 1.807) is 37.3 Å². The second kappa shape index (κ2) is 10.7. The first-order chi connectivity index (χ1) is 16.0. The van der Waals surface area contributed by atoms with Crippen molar-refractivity contribution in [1.29, 1.82) is 0 Å². The molecule has 12 nitrogen and oxygen atoms in total. The highest BCUT2D eigenvalue weighted by Gasteiger charge is 2.47. The average molecular weight is 497 g/mol. The minimum atomic E-state index is -4.19. The summed E-state index contributed by atoms with van der Waals surface area (Å²) in [6.07, 6.45) is -2.77. The smallest absolute Gasteiger partial charge is 0.459 e. The number of aliphatic hydroxyl groups excluding tert-OH is 1. The molecule has 1 saturated heterocycles. The van der Waals surface area contributed by atoms with Gasteiger partial charge in [0.25, 0.3) is 5.56 Å². The molecule has 1 aliphatic rings. The number of ether oxygens (including phenoxy) is 2. The quantitative estimate of drug-likeness (QED) is 0.339. The Labute approximate surface area is 195 Å². The summed E-state index contributed by atoms with van der Waals surface area (Å²) >= 11 is 0. The lowest BCUT2D eigenvalue weighted by Gasteiger charge is -2.28. The van der Waals surface area contributed by atoms with Crippen molar-refractivity contribution < 1.29 is 33.0 Å². The molecule has 0 bridgehead atoms. The third-order valence-electron chi connectivity index (χ3n) is 5.39. The first kappa shape index (κ1) is 25.9. The minimum absolute atomic E-state index is 0.224. The molecule has 1 fully saturated rings. The van der Waals surface area contributed by atoms with E-state index in [-0.39, 0.29) is 5.75 Å². The van der Waals surface area contributed by atoms with Gasteiger partial charge in [0, 0.05) is 18.2 Å². The Morgan fingerprint density at radius 1 is 1.24 bits per heavy atom. The van der Waals surface area contributed by atoms with Crippen molar-refractivity contribution >= 4 is 13.7 Å². The Morgan fingerprint density at radius 2 is 1.91 bits per heavy atom. The Kier molecular flexibility index (Phi) is 8.11. The number of carbonyl (C=O) groups is 1. The van der Waals surface area contributed by atoms with Crippen molar-refractivity contribution in [1.82, 2.24) is 14.6 Å². The molecule has 1 aromatic carbocycles. The molecular weight excluding hydrogens is 469 g/mol. The Hall–Kier alpha value is -2.76. The van der Waals surface area contributed by atoms with Crippen molar-refractivity contribution in [3.8, 4) is 5.75 Å². The summed E-state index contributed by atoms with van der Waals surface area (Å²) in [6.45, 7) is 4.61. The van der Waals surface area contributed by atoms with Crippen molar-refractivity contribution in [2.45, 2.75) is 51.4 Å². The topological polar surface area (TPSA) is 158 Å². The summed E-state index contributed by atoms with van der Waals surface area (Å²) in [5, 5.41) is 13.3. The predicted octanol–water partition coefficient (Wildman–Crippen LogP) is 1.17. The number of rotatable bonds is 9. The van der Waals surface area contributed by atoms with Gasteiger partial charge < -0.3 is 19.1 Å². The van der Waals surface area contributed by atoms with Gasteiger partial charge in [-0.1, -0.05) is 25.1 Å². The number of methoxy groups -OCH3 is 1. The zero-order valence-corrected chi connectivity index (χ0v) is 20.0. The number of hydrogen-bond acceptors (Lipinski definition) is 9. The molecule has 2 heterocycles. The average Bonchev–Trinajstić information content (AvgIpc) is 3.08. The standard InChI is InChI=1S/C21H28N3O9P/c1-12-17(26)18(31-19(12)24-11-10-16(25)22-21(24)28)14(3)32-34(29,23-13(2)20(27)30-4)33-15-8-6-5-7-9-15/h5-14,17-19,26H,1-4H3,(H,23,29)(H,22,25,28)/t12?,13?,14?,17?,18-,19-,34?/m1/s1. The van der Waals surface area contributed by atoms with Gasteiger partial charge in [0.1, 0.15) is 24.1 Å². The first-order valence-electron chi connectivity index (χ1n) is 10.6. The number of hydrogen-bond donors (Lipinski definition) is 3. The SMILES string of the molecule is COC(=O)C(C)NP(=O)(Oc1ccccc1)OC(C)[C@H]1O[C@@H](n2ccc(=O)[nH]c2=O)C(C)C1O. The van der Waals surface area contributed by atoms with Crippen LogP contribution < -0.4 is 20.9 Å². The fraction of sp³-hybridized carbons (Fsp3) is 0.476. The molecule has 0 amide bonds. The van der Waals surface area contributed by atoms with Crippen LogP contribution >= 0.6 is 7.75 Å². The summed E-state index contributed by atoms with van der Waals surface area (Å²) < 4.78 is 36.6. The minimum Gasteiger partial charge on any atom is -0.468 e. The molecule has 186 valence electrons. The van der Waals surface area contributed by atoms with Gasteiger partial charge in [-0.3, -0.25) is 23.7 Å². The second-order valence-electron chi connectivity index (χ2n) is 7.94. The van der Waals surface area contributed by atoms with Gasteiger partial charge in [-0.05, 0) is 26.0 Å². The number of aromatic nitrogens is 2. The highest BCUT2D eigenvalue weighted by molar-refractivity contribution is 7.52. The van der Waals surface area contributed by atoms with E-state index in [0.717, 1.165) is 10.6 Å². The lowest BCUT2D eigenvalue weighted by atomic mass is 9.99. The summed E-state index contributed by atoms with van der Waals surface area (Å²) in [7, 11) is -2.99. The predicted molar refractivity (Wildman–Crippen MR) is 120 cm³/mol. The number of nitrogens with zero attached hydrogens (tertiary/aromatic N) is 1. The van der Waals surface area contributed by atoms with Crippen molar-refractivity contribution in [2.24, 2.45) is 5.92 Å². The van der Waals surface area contributed by atoms with Crippen LogP contribution in [-0.2, 0) is 23.4 Å². The van der Waals surface area contributed by atoms with Gasteiger partial charge in [0.05, 0.1) is 19.3 Å². The Morgan fingerprint density at radius 3 is 2.53 bits per heavy atom. The number of H-pyrrole nitrogens is 1. The maximum Gasteiger partial charge on any atom is 0.459 e. The first-order valence-corrected chi connectivity index (χ1v) is 12.1. The lowest BCUT2D eigenvalue weighted by Crippen LogP contribution is -2.39. The number of nitrogens with one attached hydrogen (secondary N) is 2. The van der Waals surface area contributed by atoms with Crippen molar-refractivity contribution in [2.75, 3.05) is 7.11 Å². The Bertz CT molecular complexity index is 1150. The number of para-hydroxylation sites is 1. The summed E-state index contributed by atoms with van der Waals surface area (Å²) in [4.78, 5) is 37.6. The lowest BCUT2D eigenvalue weighted by molar-refractivity contribution is -0.142. The van der Waals surface area contributed by atoms with Gasteiger partial charge in [-0.2, -0.15) is 5.09 Å². The second-order valence-corrected chi connectivity index (χ2v) is 9.59. The van der Waals surface area contributed by atoms with Crippen LogP contribution in [-0.4, -0.2) is 52.1 Å². The molecule has 13 heteroatoms. The molecule has 1 aliphatic heterocycles. The number of esters is 1. The maximum atomic E-state index is 13.6. The van der Waals surface area contributed by atoms with Crippen LogP contribution in [0, 0.1) is 5.92 Å². The van der Waals surface area contributed by atoms with Crippen LogP contribution in [0.4, 0.5) is 0 Å². The number of benzene rings is 1. The maximum absolute atomic E-state index is 13.6. The van der Waals surface area contributed by atoms with Crippen LogP contribution in [0.25, 0.3) is 0 Å². The zero-order chi connectivity index (χ0) is 25.0. The summed E-state index contributed by atoms with van der Waals surface area (Å²) in [5.41, 5.74) is -1.26. The van der Waals surface area contributed by atoms with E-state index >= 15 is 0 Å². The van der Waals surface area contributed by atoms with Gasteiger partial charge in [-0.15, -0.1) is 0 Å². The monoisotopic (exact) mass is 497 g/mol. The van der Waals surface area contributed by atoms with E-state index in [0.29, 0.717) is 0 Å². The Balaban J connectivity index is 1.82. The van der Waals surface area contributed by atoms with E-state index in [1.165, 1.54) is 27.2 Å². The normalized spacial score (nSPS) is 25.8. The number of aliphatic hydroxyl groups is 1. The fourth-order valence-corrected chi connectivity index (χ4v) is 5.31. The number of carbonyl (C=O) groups excluding carboxylic acids is 1. The van der Waals surface area contributed by atoms with Gasteiger partial charge >= 0.3 is 19.4 Å². The van der Waals surface area contributed by atoms with Crippen molar-refractivity contribution in [3.63, 3.8) is 0 Å². The third kappa shape index (κ3) is 5.83. The molecular formula is C21H28N3O9P. The van der Waals surface area contributed by atoms with E-state index in [2.05, 4.69) is 14.8 Å². The van der Waals surface area contributed by atoms with Crippen LogP contribution in [0.2, 0.25) is 0 Å². The van der Waals surface area contributed by atoms with E-state index in [9.17, 15) is 24.1 Å². The summed E-state index contributed by atoms with van der Waals surface area (Å²) in [6, 6.07) is 8.34. The molecule has 34 heavy (non-hydrogen) atoms. The molecule has 0 aliphatic carbocycles. The molecule has 7 atom stereocenters. The van der Waals surface area contributed by atoms with Crippen LogP contribution in [0.15, 0.2) is 52.2 Å². The molecule has 0 spiro atoms. The molecule has 0 saturated carbocycles. The highest BCUT2D eigenvalue weighted by Crippen LogP contribution is 2.48. The zero-order valence-electron chi connectivity index (χ0n) is 19.1. The van der Waals surface area contributed by atoms with Crippen LogP contribution in [0.3, 0.4) is 0 Å². The molecule has 2 aromatic rings. The van der Waals surface area contributed by atoms with Crippen molar-refractivity contribution in [3.05, 3.63) is 63.4 Å². The molecule has 5 unspecified atom stereocenters. The fourth-order valence-electron chi connectivity index (χ4n) is 3.61. The third-order valence-corrected chi connectivity index (χ3v) is 7.15. The van der Waals surface area contributed by atoms with Gasteiger partial charge in [0.2, 0.25) is 0 Å². The molecule has 3 rings (SSSR count). The van der Waals surface area contributed by atoms with Gasteiger partial charge in [-0.25, -0.2) is 9.36 Å². The highest BCUT2D eigenvalue weighted by atomic mass is 31.2. The molecule has 3 N–H and O–H groups in total. The van der Waals surface area contributed by atoms with Crippen LogP contribution in [0.5, 0.6) is 5.75 Å². The molecule has 1 aromatic heterocycles.